The monoisotopic (exact) mass is 268 g/mol. The topological polar surface area (TPSA) is 107 Å². The lowest BCUT2D eigenvalue weighted by Crippen LogP contribution is -2.62. The summed E-state index contributed by atoms with van der Waals surface area (Å²) in [5, 5.41) is 20.5. The number of hydrogen-bond acceptors (Lipinski definition) is 6. The van der Waals surface area contributed by atoms with Crippen molar-refractivity contribution < 1.29 is 19.7 Å². The lowest BCUT2D eigenvalue weighted by Gasteiger charge is -2.42. The first-order chi connectivity index (χ1) is 9.07. The Hall–Kier alpha value is -1.25. The minimum atomic E-state index is -1.14. The molecule has 3 heterocycles. The number of fused-ring (bicyclic) bond motifs is 2. The standard InChI is InChI=1S/C12H16N2O5/c13-5-12-6-18-11(19-12)8(9(16)10(12)17)14-3-1-7(15)2-4-14/h1-4,8-11,16-17H,5-6,13H2/t8-,9?,10-,11?,12?/m1/s1. The van der Waals surface area contributed by atoms with Crippen molar-refractivity contribution in [3.05, 3.63) is 34.7 Å². The van der Waals surface area contributed by atoms with Gasteiger partial charge in [0, 0.05) is 31.1 Å². The fourth-order valence-electron chi connectivity index (χ4n) is 2.67. The summed E-state index contributed by atoms with van der Waals surface area (Å²) in [7, 11) is 0. The second-order valence-electron chi connectivity index (χ2n) is 4.97. The van der Waals surface area contributed by atoms with Gasteiger partial charge in [-0.05, 0) is 0 Å². The third-order valence-corrected chi connectivity index (χ3v) is 3.85. The molecule has 2 fully saturated rings. The van der Waals surface area contributed by atoms with Crippen LogP contribution in [0.15, 0.2) is 29.3 Å². The summed E-state index contributed by atoms with van der Waals surface area (Å²) in [6, 6.07) is 2.13. The summed E-state index contributed by atoms with van der Waals surface area (Å²) in [6.45, 7) is 0.210. The second-order valence-corrected chi connectivity index (χ2v) is 4.97. The minimum Gasteiger partial charge on any atom is -0.388 e. The van der Waals surface area contributed by atoms with Crippen LogP contribution in [0.3, 0.4) is 0 Å². The van der Waals surface area contributed by atoms with E-state index < -0.39 is 30.1 Å². The Bertz CT molecular complexity index is 513. The average Bonchev–Trinajstić information content (AvgIpc) is 2.81. The van der Waals surface area contributed by atoms with Gasteiger partial charge in [-0.25, -0.2) is 0 Å². The summed E-state index contributed by atoms with van der Waals surface area (Å²) in [4.78, 5) is 11.1. The fraction of sp³-hybridized carbons (Fsp3) is 0.583. The van der Waals surface area contributed by atoms with Crippen LogP contribution in [-0.4, -0.2) is 52.0 Å². The number of aromatic nitrogens is 1. The zero-order chi connectivity index (χ0) is 13.6. The van der Waals surface area contributed by atoms with E-state index in [0.29, 0.717) is 0 Å². The van der Waals surface area contributed by atoms with Gasteiger partial charge in [0.15, 0.2) is 11.7 Å². The SMILES string of the molecule is NCC12COC(O1)[C@H](n1ccc(=O)cc1)C(O)[C@H]2O. The van der Waals surface area contributed by atoms with Gasteiger partial charge in [0.25, 0.3) is 0 Å². The maximum absolute atomic E-state index is 11.1. The van der Waals surface area contributed by atoms with Crippen LogP contribution >= 0.6 is 0 Å². The fourth-order valence-corrected chi connectivity index (χ4v) is 2.67. The molecule has 4 N–H and O–H groups in total. The summed E-state index contributed by atoms with van der Waals surface area (Å²) >= 11 is 0. The highest BCUT2D eigenvalue weighted by atomic mass is 16.7. The molecular formula is C12H16N2O5. The molecule has 0 radical (unpaired) electrons. The van der Waals surface area contributed by atoms with E-state index in [9.17, 15) is 15.0 Å². The Morgan fingerprint density at radius 2 is 2.11 bits per heavy atom. The first-order valence-electron chi connectivity index (χ1n) is 6.11. The molecule has 7 heteroatoms. The van der Waals surface area contributed by atoms with Gasteiger partial charge >= 0.3 is 0 Å². The third kappa shape index (κ3) is 1.82. The molecule has 0 amide bonds. The average molecular weight is 268 g/mol. The number of aliphatic hydroxyl groups is 2. The van der Waals surface area contributed by atoms with Crippen molar-refractivity contribution in [2.45, 2.75) is 30.1 Å². The van der Waals surface area contributed by atoms with Gasteiger partial charge < -0.3 is 30.0 Å². The quantitative estimate of drug-likeness (QED) is 0.584. The number of ether oxygens (including phenoxy) is 2. The first kappa shape index (κ1) is 12.8. The number of pyridine rings is 1. The Labute approximate surface area is 109 Å². The molecule has 0 aliphatic carbocycles. The predicted molar refractivity (Wildman–Crippen MR) is 64.4 cm³/mol. The van der Waals surface area contributed by atoms with E-state index in [0.717, 1.165) is 0 Å². The van der Waals surface area contributed by atoms with Crippen molar-refractivity contribution in [3.8, 4) is 0 Å². The molecule has 2 saturated heterocycles. The molecule has 0 aromatic carbocycles. The second kappa shape index (κ2) is 4.39. The van der Waals surface area contributed by atoms with E-state index in [1.807, 2.05) is 0 Å². The molecule has 3 unspecified atom stereocenters. The van der Waals surface area contributed by atoms with Crippen molar-refractivity contribution in [1.29, 1.82) is 0 Å². The van der Waals surface area contributed by atoms with E-state index in [4.69, 9.17) is 15.2 Å². The Kier molecular flexibility index (Phi) is 2.95. The number of hydrogen-bond donors (Lipinski definition) is 3. The number of aliphatic hydroxyl groups excluding tert-OH is 2. The van der Waals surface area contributed by atoms with Crippen LogP contribution in [-0.2, 0) is 9.47 Å². The molecule has 104 valence electrons. The predicted octanol–water partition coefficient (Wildman–Crippen LogP) is -1.80. The van der Waals surface area contributed by atoms with Crippen LogP contribution in [0.2, 0.25) is 0 Å². The maximum Gasteiger partial charge on any atom is 0.181 e. The summed E-state index contributed by atoms with van der Waals surface area (Å²) in [6.07, 6.45) is 0.157. The zero-order valence-corrected chi connectivity index (χ0v) is 10.2. The van der Waals surface area contributed by atoms with Gasteiger partial charge in [0.1, 0.15) is 23.9 Å². The molecule has 2 aliphatic heterocycles. The van der Waals surface area contributed by atoms with Crippen molar-refractivity contribution in [1.82, 2.24) is 4.57 Å². The van der Waals surface area contributed by atoms with Crippen LogP contribution in [0.1, 0.15) is 6.04 Å². The summed E-state index contributed by atoms with van der Waals surface area (Å²) < 4.78 is 12.7. The molecule has 2 bridgehead atoms. The summed E-state index contributed by atoms with van der Waals surface area (Å²) in [5.74, 6) is 0. The van der Waals surface area contributed by atoms with Crippen molar-refractivity contribution >= 4 is 0 Å². The van der Waals surface area contributed by atoms with Gasteiger partial charge in [0.2, 0.25) is 0 Å². The van der Waals surface area contributed by atoms with E-state index in [2.05, 4.69) is 0 Å². The Morgan fingerprint density at radius 3 is 2.74 bits per heavy atom. The maximum atomic E-state index is 11.1. The molecule has 1 aromatic heterocycles. The van der Waals surface area contributed by atoms with Gasteiger partial charge in [-0.1, -0.05) is 0 Å². The van der Waals surface area contributed by atoms with Gasteiger partial charge in [-0.15, -0.1) is 0 Å². The normalized spacial score (nSPS) is 41.4. The first-order valence-corrected chi connectivity index (χ1v) is 6.11. The summed E-state index contributed by atoms with van der Waals surface area (Å²) in [5.41, 5.74) is 4.43. The highest BCUT2D eigenvalue weighted by molar-refractivity contribution is 5.08. The lowest BCUT2D eigenvalue weighted by molar-refractivity contribution is -0.231. The molecule has 2 aliphatic rings. The van der Waals surface area contributed by atoms with E-state index in [-0.39, 0.29) is 18.6 Å². The zero-order valence-electron chi connectivity index (χ0n) is 10.2. The highest BCUT2D eigenvalue weighted by Gasteiger charge is 2.58. The van der Waals surface area contributed by atoms with E-state index in [1.165, 1.54) is 24.5 Å². The molecule has 3 rings (SSSR count). The van der Waals surface area contributed by atoms with E-state index >= 15 is 0 Å². The van der Waals surface area contributed by atoms with Crippen molar-refractivity contribution in [2.24, 2.45) is 5.73 Å². The molecular weight excluding hydrogens is 252 g/mol. The van der Waals surface area contributed by atoms with Crippen LogP contribution in [0.5, 0.6) is 0 Å². The molecule has 19 heavy (non-hydrogen) atoms. The number of rotatable bonds is 2. The van der Waals surface area contributed by atoms with Gasteiger partial charge in [0.05, 0.1) is 6.61 Å². The van der Waals surface area contributed by atoms with Crippen LogP contribution in [0, 0.1) is 0 Å². The van der Waals surface area contributed by atoms with Gasteiger partial charge in [-0.2, -0.15) is 0 Å². The van der Waals surface area contributed by atoms with Crippen LogP contribution in [0.4, 0.5) is 0 Å². The highest BCUT2D eigenvalue weighted by Crippen LogP contribution is 2.41. The van der Waals surface area contributed by atoms with Gasteiger partial charge in [-0.3, -0.25) is 4.79 Å². The molecule has 0 saturated carbocycles. The minimum absolute atomic E-state index is 0.0681. The number of nitrogens with zero attached hydrogens (tertiary/aromatic N) is 1. The van der Waals surface area contributed by atoms with Crippen molar-refractivity contribution in [2.75, 3.05) is 13.2 Å². The smallest absolute Gasteiger partial charge is 0.181 e. The van der Waals surface area contributed by atoms with Crippen LogP contribution < -0.4 is 11.2 Å². The molecule has 0 spiro atoms. The van der Waals surface area contributed by atoms with E-state index in [1.54, 1.807) is 4.57 Å². The Morgan fingerprint density at radius 1 is 1.42 bits per heavy atom. The molecule has 1 aromatic rings. The molecule has 5 atom stereocenters. The van der Waals surface area contributed by atoms with Crippen molar-refractivity contribution in [3.63, 3.8) is 0 Å². The van der Waals surface area contributed by atoms with Crippen LogP contribution in [0.25, 0.3) is 0 Å². The number of nitrogens with two attached hydrogens (primary N) is 1. The Balaban J connectivity index is 1.96. The third-order valence-electron chi connectivity index (χ3n) is 3.85. The molecule has 7 nitrogen and oxygen atoms in total. The lowest BCUT2D eigenvalue weighted by atomic mass is 9.88. The largest absolute Gasteiger partial charge is 0.388 e.